The van der Waals surface area contributed by atoms with Crippen LogP contribution in [-0.2, 0) is 32.6 Å². The number of imide groups is 1. The minimum Gasteiger partial charge on any atom is -0.480 e. The zero-order valence-corrected chi connectivity index (χ0v) is 21.5. The molecule has 2 fully saturated rings. The van der Waals surface area contributed by atoms with Crippen LogP contribution in [0.5, 0.6) is 0 Å². The molecular formula is C25H33N5O7. The number of aryl methyl sites for hydroxylation is 1. The molecule has 200 valence electrons. The number of piperazine rings is 1. The molecule has 1 aromatic heterocycles. The predicted octanol–water partition coefficient (Wildman–Crippen LogP) is 0.866. The molecule has 3 heterocycles. The van der Waals surface area contributed by atoms with Gasteiger partial charge in [0.1, 0.15) is 17.7 Å². The Kier molecular flexibility index (Phi) is 7.13. The molecule has 4 rings (SSSR count). The highest BCUT2D eigenvalue weighted by molar-refractivity contribution is 6.00. The monoisotopic (exact) mass is 515 g/mol. The van der Waals surface area contributed by atoms with Gasteiger partial charge in [0.2, 0.25) is 11.8 Å². The van der Waals surface area contributed by atoms with Crippen molar-refractivity contribution in [3.8, 4) is 0 Å². The van der Waals surface area contributed by atoms with E-state index in [4.69, 9.17) is 4.74 Å². The molecule has 2 aromatic rings. The highest BCUT2D eigenvalue weighted by Gasteiger charge is 2.37. The Balaban J connectivity index is 1.46. The standard InChI is InChI=1S/C25H33N5O7/c1-25(2,3)37-24(36)29-12-11-28(14-19(29)22(33)34)10-9-15-5-6-16-18(13-15)27(4)23(35)30(16)17-7-8-20(31)26-21(17)32/h5-6,13,17,19H,7-12,14H2,1-4H3,(H,33,34)(H,26,31,32)/t17?,19-/m1/s1. The van der Waals surface area contributed by atoms with Gasteiger partial charge in [0.25, 0.3) is 0 Å². The number of nitrogens with zero attached hydrogens (tertiary/aromatic N) is 4. The van der Waals surface area contributed by atoms with Crippen molar-refractivity contribution in [2.24, 2.45) is 7.05 Å². The number of imidazole rings is 1. The van der Waals surface area contributed by atoms with Gasteiger partial charge in [-0.25, -0.2) is 14.4 Å². The third kappa shape index (κ3) is 5.53. The van der Waals surface area contributed by atoms with Crippen molar-refractivity contribution in [2.45, 2.75) is 57.7 Å². The van der Waals surface area contributed by atoms with Gasteiger partial charge < -0.3 is 9.84 Å². The van der Waals surface area contributed by atoms with Crippen LogP contribution in [0.3, 0.4) is 0 Å². The lowest BCUT2D eigenvalue weighted by Crippen LogP contribution is -2.59. The van der Waals surface area contributed by atoms with Gasteiger partial charge in [-0.2, -0.15) is 0 Å². The molecule has 37 heavy (non-hydrogen) atoms. The summed E-state index contributed by atoms with van der Waals surface area (Å²) in [6, 6.07) is 3.83. The molecule has 0 aliphatic carbocycles. The number of carboxylic acids is 1. The van der Waals surface area contributed by atoms with Crippen molar-refractivity contribution < 1.29 is 29.0 Å². The van der Waals surface area contributed by atoms with Gasteiger partial charge in [-0.15, -0.1) is 0 Å². The van der Waals surface area contributed by atoms with Crippen molar-refractivity contribution in [1.82, 2.24) is 24.3 Å². The number of carboxylic acid groups (broad SMARTS) is 1. The van der Waals surface area contributed by atoms with Crippen molar-refractivity contribution >= 4 is 34.9 Å². The molecule has 1 aromatic carbocycles. The van der Waals surface area contributed by atoms with Crippen LogP contribution in [0, 0.1) is 0 Å². The molecule has 2 aliphatic heterocycles. The Labute approximate surface area is 213 Å². The summed E-state index contributed by atoms with van der Waals surface area (Å²) in [5.41, 5.74) is 1.19. The SMILES string of the molecule is Cn1c(=O)n(C2CCC(=O)NC2=O)c2ccc(CCN3CCN(C(=O)OC(C)(C)C)[C@@H](C(=O)O)C3)cc21. The van der Waals surface area contributed by atoms with E-state index in [1.54, 1.807) is 33.9 Å². The number of piperidine rings is 1. The van der Waals surface area contributed by atoms with Gasteiger partial charge in [0.05, 0.1) is 11.0 Å². The molecule has 12 heteroatoms. The third-order valence-electron chi connectivity index (χ3n) is 6.77. The molecule has 3 amide bonds. The van der Waals surface area contributed by atoms with Gasteiger partial charge >= 0.3 is 17.8 Å². The number of aliphatic carboxylic acids is 1. The lowest BCUT2D eigenvalue weighted by molar-refractivity contribution is -0.145. The van der Waals surface area contributed by atoms with Crippen LogP contribution >= 0.6 is 0 Å². The summed E-state index contributed by atoms with van der Waals surface area (Å²) >= 11 is 0. The number of aromatic nitrogens is 2. The summed E-state index contributed by atoms with van der Waals surface area (Å²) in [4.78, 5) is 64.5. The fourth-order valence-electron chi connectivity index (χ4n) is 4.87. The maximum Gasteiger partial charge on any atom is 0.411 e. The first kappa shape index (κ1) is 26.4. The van der Waals surface area contributed by atoms with Crippen LogP contribution in [-0.4, -0.2) is 85.7 Å². The van der Waals surface area contributed by atoms with E-state index in [0.717, 1.165) is 5.56 Å². The van der Waals surface area contributed by atoms with Gasteiger partial charge in [-0.05, 0) is 51.3 Å². The number of nitrogens with one attached hydrogen (secondary N) is 1. The summed E-state index contributed by atoms with van der Waals surface area (Å²) < 4.78 is 8.30. The van der Waals surface area contributed by atoms with E-state index in [1.807, 2.05) is 17.0 Å². The molecule has 1 unspecified atom stereocenters. The van der Waals surface area contributed by atoms with E-state index >= 15 is 0 Å². The number of carbonyl (C=O) groups excluding carboxylic acids is 3. The summed E-state index contributed by atoms with van der Waals surface area (Å²) in [6.07, 6.45) is 0.416. The molecule has 0 spiro atoms. The predicted molar refractivity (Wildman–Crippen MR) is 133 cm³/mol. The number of benzene rings is 1. The number of hydrogen-bond donors (Lipinski definition) is 2. The third-order valence-corrected chi connectivity index (χ3v) is 6.77. The second kappa shape index (κ2) is 10.0. The van der Waals surface area contributed by atoms with E-state index < -0.39 is 35.7 Å². The molecule has 2 atom stereocenters. The first-order valence-corrected chi connectivity index (χ1v) is 12.3. The number of hydrogen-bond acceptors (Lipinski definition) is 7. The lowest BCUT2D eigenvalue weighted by Gasteiger charge is -2.39. The highest BCUT2D eigenvalue weighted by Crippen LogP contribution is 2.24. The van der Waals surface area contributed by atoms with Gasteiger partial charge in [0, 0.05) is 39.6 Å². The van der Waals surface area contributed by atoms with Gasteiger partial charge in [0.15, 0.2) is 0 Å². The van der Waals surface area contributed by atoms with E-state index in [9.17, 15) is 29.1 Å². The largest absolute Gasteiger partial charge is 0.480 e. The number of rotatable bonds is 5. The average molecular weight is 516 g/mol. The minimum atomic E-state index is -1.08. The number of fused-ring (bicyclic) bond motifs is 1. The van der Waals surface area contributed by atoms with Crippen molar-refractivity contribution in [2.75, 3.05) is 26.2 Å². The van der Waals surface area contributed by atoms with Crippen molar-refractivity contribution in [3.63, 3.8) is 0 Å². The normalized spacial score (nSPS) is 21.2. The topological polar surface area (TPSA) is 143 Å². The maximum absolute atomic E-state index is 13.0. The molecule has 0 bridgehead atoms. The molecule has 12 nitrogen and oxygen atoms in total. The van der Waals surface area contributed by atoms with Gasteiger partial charge in [-0.1, -0.05) is 6.07 Å². The minimum absolute atomic E-state index is 0.176. The Hall–Kier alpha value is -3.67. The number of carbonyl (C=O) groups is 4. The molecular weight excluding hydrogens is 482 g/mol. The van der Waals surface area contributed by atoms with E-state index in [1.165, 1.54) is 14.0 Å². The van der Waals surface area contributed by atoms with Crippen LogP contribution in [0.4, 0.5) is 4.79 Å². The zero-order chi connectivity index (χ0) is 27.1. The number of amides is 3. The van der Waals surface area contributed by atoms with E-state index in [2.05, 4.69) is 5.32 Å². The van der Waals surface area contributed by atoms with Crippen LogP contribution in [0.1, 0.15) is 45.2 Å². The van der Waals surface area contributed by atoms with Crippen LogP contribution in [0.25, 0.3) is 11.0 Å². The maximum atomic E-state index is 13.0. The molecule has 0 saturated carbocycles. The van der Waals surface area contributed by atoms with Crippen LogP contribution in [0.2, 0.25) is 0 Å². The van der Waals surface area contributed by atoms with E-state index in [0.29, 0.717) is 30.5 Å². The molecule has 2 N–H and O–H groups in total. The zero-order valence-electron chi connectivity index (χ0n) is 21.5. The Morgan fingerprint density at radius 3 is 2.51 bits per heavy atom. The van der Waals surface area contributed by atoms with Crippen LogP contribution in [0.15, 0.2) is 23.0 Å². The average Bonchev–Trinajstić information content (AvgIpc) is 3.06. The molecule has 0 radical (unpaired) electrons. The van der Waals surface area contributed by atoms with Crippen LogP contribution < -0.4 is 11.0 Å². The Bertz CT molecular complexity index is 1300. The second-order valence-corrected chi connectivity index (χ2v) is 10.6. The smallest absolute Gasteiger partial charge is 0.411 e. The first-order chi connectivity index (χ1) is 17.4. The Morgan fingerprint density at radius 1 is 1.14 bits per heavy atom. The van der Waals surface area contributed by atoms with Crippen molar-refractivity contribution in [3.05, 3.63) is 34.2 Å². The Morgan fingerprint density at radius 2 is 1.86 bits per heavy atom. The summed E-state index contributed by atoms with van der Waals surface area (Å²) in [5, 5.41) is 12.0. The summed E-state index contributed by atoms with van der Waals surface area (Å²) in [7, 11) is 1.64. The van der Waals surface area contributed by atoms with Crippen molar-refractivity contribution in [1.29, 1.82) is 0 Å². The van der Waals surface area contributed by atoms with Gasteiger partial charge in [-0.3, -0.25) is 33.8 Å². The lowest BCUT2D eigenvalue weighted by atomic mass is 10.1. The van der Waals surface area contributed by atoms with E-state index in [-0.39, 0.29) is 37.5 Å². The fourth-order valence-corrected chi connectivity index (χ4v) is 4.87. The summed E-state index contributed by atoms with van der Waals surface area (Å²) in [6.45, 7) is 6.72. The quantitative estimate of drug-likeness (QED) is 0.559. The molecule has 2 aliphatic rings. The first-order valence-electron chi connectivity index (χ1n) is 12.3. The second-order valence-electron chi connectivity index (χ2n) is 10.6. The highest BCUT2D eigenvalue weighted by atomic mass is 16.6. The fraction of sp³-hybridized carbons (Fsp3) is 0.560. The summed E-state index contributed by atoms with van der Waals surface area (Å²) in [5.74, 6) is -1.90. The molecule has 2 saturated heterocycles. The number of ether oxygens (including phenoxy) is 1.